The first kappa shape index (κ1) is 33.1. The van der Waals surface area contributed by atoms with Gasteiger partial charge in [0.15, 0.2) is 12.4 Å². The van der Waals surface area contributed by atoms with Gasteiger partial charge in [-0.1, -0.05) is 87.1 Å². The molecule has 0 spiro atoms. The molecule has 4 unspecified atom stereocenters. The highest BCUT2D eigenvalue weighted by Crippen LogP contribution is 2.41. The third-order valence-corrected chi connectivity index (χ3v) is 9.53. The molecule has 0 amide bonds. The van der Waals surface area contributed by atoms with Crippen LogP contribution in [0.5, 0.6) is 0 Å². The van der Waals surface area contributed by atoms with E-state index >= 15 is 0 Å². The molecule has 0 aromatic heterocycles. The van der Waals surface area contributed by atoms with Gasteiger partial charge in [-0.15, -0.1) is 0 Å². The Kier molecular flexibility index (Phi) is 11.3. The van der Waals surface area contributed by atoms with E-state index in [1.807, 2.05) is 50.2 Å². The average molecular weight is 637 g/mol. The number of aliphatic hydroxyl groups is 2. The van der Waals surface area contributed by atoms with Gasteiger partial charge in [-0.25, -0.2) is 9.59 Å². The molecule has 0 aliphatic carbocycles. The van der Waals surface area contributed by atoms with Crippen LogP contribution in [0.4, 0.5) is 0 Å². The molecule has 2 aliphatic heterocycles. The highest BCUT2D eigenvalue weighted by Gasteiger charge is 2.51. The Morgan fingerprint density at radius 3 is 1.80 bits per heavy atom. The molecule has 9 nitrogen and oxygen atoms in total. The molecule has 240 valence electrons. The normalized spacial score (nSPS) is 31.6. The van der Waals surface area contributed by atoms with Gasteiger partial charge in [0.1, 0.15) is 17.6 Å². The minimum atomic E-state index is -1.14. The van der Waals surface area contributed by atoms with Crippen molar-refractivity contribution in [1.29, 1.82) is 0 Å². The van der Waals surface area contributed by atoms with Crippen LogP contribution in [0.3, 0.4) is 0 Å². The van der Waals surface area contributed by atoms with Crippen LogP contribution >= 0.6 is 11.8 Å². The topological polar surface area (TPSA) is 121 Å². The molecule has 10 atom stereocenters. The van der Waals surface area contributed by atoms with Crippen LogP contribution in [0.2, 0.25) is 0 Å². The summed E-state index contributed by atoms with van der Waals surface area (Å²) in [6.07, 6.45) is -5.42. The molecule has 2 heterocycles. The van der Waals surface area contributed by atoms with Crippen LogP contribution in [0.25, 0.3) is 0 Å². The van der Waals surface area contributed by atoms with Crippen molar-refractivity contribution < 1.29 is 43.5 Å². The summed E-state index contributed by atoms with van der Waals surface area (Å²) >= 11 is 1.47. The summed E-state index contributed by atoms with van der Waals surface area (Å²) in [7, 11) is 0. The number of hydrogen-bond donors (Lipinski definition) is 2. The third-order valence-electron chi connectivity index (χ3n) is 8.37. The fraction of sp³-hybridized carbons (Fsp3) is 0.429. The number of carbonyl (C=O) groups excluding carboxylic acids is 2. The van der Waals surface area contributed by atoms with Gasteiger partial charge >= 0.3 is 11.9 Å². The number of carbonyl (C=O) groups is 2. The van der Waals surface area contributed by atoms with Crippen molar-refractivity contribution in [3.63, 3.8) is 0 Å². The molecule has 5 rings (SSSR count). The Labute approximate surface area is 267 Å². The molecule has 2 N–H and O–H groups in total. The number of benzene rings is 3. The van der Waals surface area contributed by atoms with Crippen molar-refractivity contribution in [1.82, 2.24) is 0 Å². The number of rotatable bonds is 10. The van der Waals surface area contributed by atoms with E-state index in [-0.39, 0.29) is 5.92 Å². The molecular formula is C35H40O9S. The number of thioether (sulfide) groups is 1. The van der Waals surface area contributed by atoms with Crippen molar-refractivity contribution in [2.75, 3.05) is 6.61 Å². The fourth-order valence-electron chi connectivity index (χ4n) is 5.75. The van der Waals surface area contributed by atoms with Crippen molar-refractivity contribution in [2.45, 2.75) is 80.4 Å². The summed E-state index contributed by atoms with van der Waals surface area (Å²) in [4.78, 5) is 27.4. The Bertz CT molecular complexity index is 1380. The van der Waals surface area contributed by atoms with Crippen molar-refractivity contribution in [2.24, 2.45) is 11.8 Å². The van der Waals surface area contributed by atoms with Gasteiger partial charge in [-0.2, -0.15) is 0 Å². The van der Waals surface area contributed by atoms with Crippen molar-refractivity contribution in [3.05, 3.63) is 102 Å². The second kappa shape index (κ2) is 15.4. The maximum atomic E-state index is 13.3. The van der Waals surface area contributed by atoms with Gasteiger partial charge in [-0.05, 0) is 42.8 Å². The van der Waals surface area contributed by atoms with E-state index in [0.29, 0.717) is 17.5 Å². The second-order valence-corrected chi connectivity index (χ2v) is 12.6. The van der Waals surface area contributed by atoms with Crippen LogP contribution in [0, 0.1) is 11.8 Å². The van der Waals surface area contributed by atoms with E-state index < -0.39 is 72.8 Å². The van der Waals surface area contributed by atoms with Crippen LogP contribution < -0.4 is 0 Å². The molecule has 10 heteroatoms. The van der Waals surface area contributed by atoms with E-state index in [1.54, 1.807) is 61.5 Å². The molecule has 0 bridgehead atoms. The first-order valence-electron chi connectivity index (χ1n) is 15.3. The van der Waals surface area contributed by atoms with E-state index in [9.17, 15) is 19.8 Å². The predicted molar refractivity (Wildman–Crippen MR) is 167 cm³/mol. The highest BCUT2D eigenvalue weighted by atomic mass is 32.2. The van der Waals surface area contributed by atoms with E-state index in [1.165, 1.54) is 11.8 Å². The number of aliphatic hydroxyl groups excluding tert-OH is 2. The maximum absolute atomic E-state index is 13.3. The molecule has 2 fully saturated rings. The van der Waals surface area contributed by atoms with Gasteiger partial charge in [-0.3, -0.25) is 0 Å². The Morgan fingerprint density at radius 2 is 1.27 bits per heavy atom. The number of esters is 2. The van der Waals surface area contributed by atoms with E-state index in [4.69, 9.17) is 23.7 Å². The van der Waals surface area contributed by atoms with Crippen LogP contribution in [0.1, 0.15) is 47.9 Å². The first-order valence-corrected chi connectivity index (χ1v) is 16.2. The largest absolute Gasteiger partial charge is 0.455 e. The quantitative estimate of drug-likeness (QED) is 0.291. The van der Waals surface area contributed by atoms with Crippen molar-refractivity contribution >= 4 is 23.7 Å². The minimum Gasteiger partial charge on any atom is -0.455 e. The zero-order valence-electron chi connectivity index (χ0n) is 25.5. The van der Waals surface area contributed by atoms with Gasteiger partial charge in [0.05, 0.1) is 36.0 Å². The van der Waals surface area contributed by atoms with Gasteiger partial charge < -0.3 is 33.9 Å². The number of hydrogen-bond acceptors (Lipinski definition) is 10. The minimum absolute atomic E-state index is 0.344. The second-order valence-electron chi connectivity index (χ2n) is 11.4. The van der Waals surface area contributed by atoms with Crippen LogP contribution in [-0.4, -0.2) is 77.1 Å². The standard InChI is InChI=1S/C35H40O9S/c1-4-26-29(44-34-30(21(2)28(37)27(20-36)40-34)42-32(38)23-14-8-5-9-15-23)22(3)31(43-33(39)24-16-10-6-11-17-24)35(41-26)45-25-18-12-7-13-19-25/h5-19,21-22,26-31,34-37H,4,20H2,1-3H3/t21-,22-,26?,27?,28+,29-,30?,31?,34-,35-/m0/s1. The zero-order chi connectivity index (χ0) is 31.9. The lowest BCUT2D eigenvalue weighted by Gasteiger charge is -2.48. The molecule has 3 aromatic carbocycles. The van der Waals surface area contributed by atoms with Gasteiger partial charge in [0.2, 0.25) is 0 Å². The maximum Gasteiger partial charge on any atom is 0.338 e. The average Bonchev–Trinajstić information content (AvgIpc) is 3.08. The molecule has 0 radical (unpaired) electrons. The summed E-state index contributed by atoms with van der Waals surface area (Å²) in [6, 6.07) is 27.1. The molecule has 3 aromatic rings. The third kappa shape index (κ3) is 7.77. The van der Waals surface area contributed by atoms with E-state index in [0.717, 1.165) is 4.90 Å². The lowest BCUT2D eigenvalue weighted by Crippen LogP contribution is -2.60. The highest BCUT2D eigenvalue weighted by molar-refractivity contribution is 7.99. The number of ether oxygens (including phenoxy) is 5. The monoisotopic (exact) mass is 636 g/mol. The SMILES string of the molecule is CCC1O[C@@H](Sc2ccccc2)C(OC(=O)c2ccccc2)[C@@H](C)[C@@H]1O[C@@H]1OC(CO)[C@H](O)[C@H](C)C1OC(=O)c1ccccc1. The lowest BCUT2D eigenvalue weighted by atomic mass is 9.88. The molecule has 0 saturated carbocycles. The summed E-state index contributed by atoms with van der Waals surface area (Å²) < 4.78 is 31.3. The summed E-state index contributed by atoms with van der Waals surface area (Å²) in [5, 5.41) is 20.9. The van der Waals surface area contributed by atoms with Crippen LogP contribution in [-0.2, 0) is 23.7 Å². The fourth-order valence-corrected chi connectivity index (χ4v) is 6.97. The molecule has 45 heavy (non-hydrogen) atoms. The smallest absolute Gasteiger partial charge is 0.338 e. The van der Waals surface area contributed by atoms with Crippen molar-refractivity contribution in [3.8, 4) is 0 Å². The molecule has 2 aliphatic rings. The lowest BCUT2D eigenvalue weighted by molar-refractivity contribution is -0.322. The summed E-state index contributed by atoms with van der Waals surface area (Å²) in [6.45, 7) is 5.19. The summed E-state index contributed by atoms with van der Waals surface area (Å²) in [5.74, 6) is -2.08. The van der Waals surface area contributed by atoms with E-state index in [2.05, 4.69) is 0 Å². The Balaban J connectivity index is 1.42. The predicted octanol–water partition coefficient (Wildman–Crippen LogP) is 5.10. The molecule has 2 saturated heterocycles. The summed E-state index contributed by atoms with van der Waals surface area (Å²) in [5.41, 5.74) is 0.224. The first-order chi connectivity index (χ1) is 21.8. The Hall–Kier alpha value is -3.25. The zero-order valence-corrected chi connectivity index (χ0v) is 26.3. The van der Waals surface area contributed by atoms with Gasteiger partial charge in [0, 0.05) is 16.7 Å². The Morgan fingerprint density at radius 1 is 0.733 bits per heavy atom. The molecular weight excluding hydrogens is 596 g/mol. The van der Waals surface area contributed by atoms with Gasteiger partial charge in [0.25, 0.3) is 0 Å². The van der Waals surface area contributed by atoms with Crippen LogP contribution in [0.15, 0.2) is 95.9 Å².